The van der Waals surface area contributed by atoms with Crippen molar-refractivity contribution in [3.05, 3.63) is 32.7 Å². The number of hydrogen-bond donors (Lipinski definition) is 1. The van der Waals surface area contributed by atoms with Crippen molar-refractivity contribution in [3.8, 4) is 0 Å². The third-order valence-corrected chi connectivity index (χ3v) is 4.63. The molecule has 0 radical (unpaired) electrons. The number of amides is 1. The van der Waals surface area contributed by atoms with Crippen molar-refractivity contribution in [2.24, 2.45) is 5.41 Å². The summed E-state index contributed by atoms with van der Waals surface area (Å²) in [4.78, 5) is 12.2. The molecule has 0 aromatic heterocycles. The molecule has 1 aromatic carbocycles. The van der Waals surface area contributed by atoms with E-state index in [-0.39, 0.29) is 5.91 Å². The SMILES string of the molecule is CC1(C)CCC(NC(=O)c2ccc(Br)cc2Br)C1. The summed E-state index contributed by atoms with van der Waals surface area (Å²) in [6, 6.07) is 5.93. The van der Waals surface area contributed by atoms with E-state index in [1.54, 1.807) is 0 Å². The van der Waals surface area contributed by atoms with Crippen molar-refractivity contribution in [2.45, 2.75) is 39.2 Å². The lowest BCUT2D eigenvalue weighted by molar-refractivity contribution is 0.0935. The molecule has 1 fully saturated rings. The van der Waals surface area contributed by atoms with Crippen molar-refractivity contribution in [3.63, 3.8) is 0 Å². The monoisotopic (exact) mass is 373 g/mol. The topological polar surface area (TPSA) is 29.1 Å². The maximum absolute atomic E-state index is 12.2. The van der Waals surface area contributed by atoms with Crippen molar-refractivity contribution >= 4 is 37.8 Å². The fraction of sp³-hybridized carbons (Fsp3) is 0.500. The van der Waals surface area contributed by atoms with Gasteiger partial charge in [0.15, 0.2) is 0 Å². The molecule has 98 valence electrons. The molecule has 0 bridgehead atoms. The van der Waals surface area contributed by atoms with Crippen LogP contribution in [0, 0.1) is 5.41 Å². The summed E-state index contributed by atoms with van der Waals surface area (Å²) in [6.45, 7) is 4.52. The van der Waals surface area contributed by atoms with E-state index in [1.807, 2.05) is 18.2 Å². The van der Waals surface area contributed by atoms with Gasteiger partial charge in [0.05, 0.1) is 5.56 Å². The first-order valence-electron chi connectivity index (χ1n) is 6.13. The Balaban J connectivity index is 2.04. The van der Waals surface area contributed by atoms with E-state index in [1.165, 1.54) is 6.42 Å². The zero-order valence-electron chi connectivity index (χ0n) is 10.6. The lowest BCUT2D eigenvalue weighted by Gasteiger charge is -2.18. The first-order chi connectivity index (χ1) is 8.37. The van der Waals surface area contributed by atoms with Crippen molar-refractivity contribution in [1.82, 2.24) is 5.32 Å². The average Bonchev–Trinajstić information content (AvgIpc) is 2.57. The summed E-state index contributed by atoms with van der Waals surface area (Å²) in [5, 5.41) is 3.13. The number of hydrogen-bond acceptors (Lipinski definition) is 1. The summed E-state index contributed by atoms with van der Waals surface area (Å²) < 4.78 is 1.79. The summed E-state index contributed by atoms with van der Waals surface area (Å²) in [5.74, 6) is 0.0112. The van der Waals surface area contributed by atoms with Gasteiger partial charge in [-0.25, -0.2) is 0 Å². The molecule has 2 rings (SSSR count). The number of carbonyl (C=O) groups is 1. The van der Waals surface area contributed by atoms with Gasteiger partial charge in [-0.1, -0.05) is 29.8 Å². The van der Waals surface area contributed by atoms with Crippen LogP contribution in [0.15, 0.2) is 27.1 Å². The molecule has 0 spiro atoms. The predicted octanol–water partition coefficient (Wildman–Crippen LogP) is 4.52. The van der Waals surface area contributed by atoms with Gasteiger partial charge in [-0.3, -0.25) is 4.79 Å². The highest BCUT2D eigenvalue weighted by molar-refractivity contribution is 9.11. The Labute approximate surface area is 125 Å². The number of nitrogens with one attached hydrogen (secondary N) is 1. The Morgan fingerprint density at radius 1 is 1.39 bits per heavy atom. The minimum Gasteiger partial charge on any atom is -0.349 e. The van der Waals surface area contributed by atoms with Gasteiger partial charge in [0, 0.05) is 15.0 Å². The zero-order chi connectivity index (χ0) is 13.3. The van der Waals surface area contributed by atoms with Crippen LogP contribution in [0.2, 0.25) is 0 Å². The van der Waals surface area contributed by atoms with Gasteiger partial charge in [-0.15, -0.1) is 0 Å². The number of rotatable bonds is 2. The van der Waals surface area contributed by atoms with E-state index in [0.717, 1.165) is 21.8 Å². The van der Waals surface area contributed by atoms with Gasteiger partial charge in [-0.05, 0) is 58.8 Å². The van der Waals surface area contributed by atoms with Gasteiger partial charge in [0.2, 0.25) is 0 Å². The fourth-order valence-electron chi connectivity index (χ4n) is 2.50. The third kappa shape index (κ3) is 3.35. The molecule has 18 heavy (non-hydrogen) atoms. The van der Waals surface area contributed by atoms with Crippen LogP contribution in [0.3, 0.4) is 0 Å². The van der Waals surface area contributed by atoms with Crippen molar-refractivity contribution in [1.29, 1.82) is 0 Å². The first-order valence-corrected chi connectivity index (χ1v) is 7.72. The van der Waals surface area contributed by atoms with Gasteiger partial charge >= 0.3 is 0 Å². The maximum Gasteiger partial charge on any atom is 0.252 e. The normalized spacial score (nSPS) is 21.9. The molecular formula is C14H17Br2NO. The minimum absolute atomic E-state index is 0.0112. The van der Waals surface area contributed by atoms with Crippen LogP contribution in [0.4, 0.5) is 0 Å². The van der Waals surface area contributed by atoms with E-state index in [0.29, 0.717) is 17.0 Å². The molecule has 1 N–H and O–H groups in total. The Morgan fingerprint density at radius 2 is 2.11 bits per heavy atom. The molecule has 0 heterocycles. The Morgan fingerprint density at radius 3 is 2.67 bits per heavy atom. The second-order valence-electron chi connectivity index (χ2n) is 5.70. The molecule has 1 aliphatic rings. The lowest BCUT2D eigenvalue weighted by Crippen LogP contribution is -2.33. The standard InChI is InChI=1S/C14H17Br2NO/c1-14(2)6-5-10(8-14)17-13(18)11-4-3-9(15)7-12(11)16/h3-4,7,10H,5-6,8H2,1-2H3,(H,17,18). The Kier molecular flexibility index (Phi) is 4.17. The van der Waals surface area contributed by atoms with Crippen LogP contribution in [0.5, 0.6) is 0 Å². The number of halogens is 2. The smallest absolute Gasteiger partial charge is 0.252 e. The summed E-state index contributed by atoms with van der Waals surface area (Å²) in [7, 11) is 0. The van der Waals surface area contributed by atoms with E-state index < -0.39 is 0 Å². The van der Waals surface area contributed by atoms with Crippen LogP contribution < -0.4 is 5.32 Å². The second kappa shape index (κ2) is 5.33. The van der Waals surface area contributed by atoms with Gasteiger partial charge < -0.3 is 5.32 Å². The Bertz CT molecular complexity index is 471. The zero-order valence-corrected chi connectivity index (χ0v) is 13.8. The molecule has 1 amide bonds. The highest BCUT2D eigenvalue weighted by Gasteiger charge is 2.31. The largest absolute Gasteiger partial charge is 0.349 e. The van der Waals surface area contributed by atoms with E-state index in [9.17, 15) is 4.79 Å². The Hall–Kier alpha value is -0.350. The van der Waals surface area contributed by atoms with E-state index in [2.05, 4.69) is 51.0 Å². The molecule has 1 unspecified atom stereocenters. The highest BCUT2D eigenvalue weighted by atomic mass is 79.9. The van der Waals surface area contributed by atoms with E-state index >= 15 is 0 Å². The van der Waals surface area contributed by atoms with Gasteiger partial charge in [0.1, 0.15) is 0 Å². The van der Waals surface area contributed by atoms with Crippen LogP contribution in [0.25, 0.3) is 0 Å². The quantitative estimate of drug-likeness (QED) is 0.809. The molecular weight excluding hydrogens is 358 g/mol. The highest BCUT2D eigenvalue weighted by Crippen LogP contribution is 2.37. The fourth-order valence-corrected chi connectivity index (χ4v) is 3.72. The van der Waals surface area contributed by atoms with Gasteiger partial charge in [0.25, 0.3) is 5.91 Å². The number of carbonyl (C=O) groups excluding carboxylic acids is 1. The van der Waals surface area contributed by atoms with Crippen LogP contribution in [-0.2, 0) is 0 Å². The van der Waals surface area contributed by atoms with Crippen molar-refractivity contribution in [2.75, 3.05) is 0 Å². The average molecular weight is 375 g/mol. The van der Waals surface area contributed by atoms with Gasteiger partial charge in [-0.2, -0.15) is 0 Å². The molecule has 0 aliphatic heterocycles. The van der Waals surface area contributed by atoms with Crippen molar-refractivity contribution < 1.29 is 4.79 Å². The first kappa shape index (κ1) is 14.1. The summed E-state index contributed by atoms with van der Waals surface area (Å²) >= 11 is 6.82. The van der Waals surface area contributed by atoms with Crippen LogP contribution in [0.1, 0.15) is 43.5 Å². The summed E-state index contributed by atoms with van der Waals surface area (Å²) in [6.07, 6.45) is 3.32. The molecule has 1 atom stereocenters. The molecule has 4 heteroatoms. The van der Waals surface area contributed by atoms with E-state index in [4.69, 9.17) is 0 Å². The summed E-state index contributed by atoms with van der Waals surface area (Å²) in [5.41, 5.74) is 1.05. The molecule has 1 aromatic rings. The molecule has 2 nitrogen and oxygen atoms in total. The predicted molar refractivity (Wildman–Crippen MR) is 80.7 cm³/mol. The minimum atomic E-state index is 0.0112. The van der Waals surface area contributed by atoms with Crippen LogP contribution in [-0.4, -0.2) is 11.9 Å². The third-order valence-electron chi connectivity index (χ3n) is 3.48. The second-order valence-corrected chi connectivity index (χ2v) is 7.47. The molecule has 1 saturated carbocycles. The molecule has 0 saturated heterocycles. The molecule has 1 aliphatic carbocycles. The van der Waals surface area contributed by atoms with Crippen LogP contribution >= 0.6 is 31.9 Å². The number of benzene rings is 1. The maximum atomic E-state index is 12.2. The lowest BCUT2D eigenvalue weighted by atomic mass is 9.92.